The number of ether oxygens (including phenoxy) is 3. The lowest BCUT2D eigenvalue weighted by atomic mass is 10.0. The zero-order valence-corrected chi connectivity index (χ0v) is 19.7. The molecule has 0 bridgehead atoms. The molecule has 2 heterocycles. The first-order valence-corrected chi connectivity index (χ1v) is 11.5. The van der Waals surface area contributed by atoms with Crippen molar-refractivity contribution in [2.24, 2.45) is 0 Å². The van der Waals surface area contributed by atoms with E-state index in [1.807, 2.05) is 19.1 Å². The Bertz CT molecular complexity index is 1410. The van der Waals surface area contributed by atoms with Crippen LogP contribution in [0, 0.1) is 0 Å². The fourth-order valence-electron chi connectivity index (χ4n) is 3.46. The molecule has 0 saturated heterocycles. The Morgan fingerprint density at radius 2 is 1.89 bits per heavy atom. The molecule has 0 amide bonds. The number of alkyl halides is 3. The molecule has 0 aliphatic heterocycles. The van der Waals surface area contributed by atoms with Crippen molar-refractivity contribution in [3.63, 3.8) is 0 Å². The van der Waals surface area contributed by atoms with E-state index in [0.717, 1.165) is 24.1 Å². The molecule has 0 unspecified atom stereocenters. The van der Waals surface area contributed by atoms with Gasteiger partial charge in [0.1, 0.15) is 5.75 Å². The Balaban J connectivity index is 1.80. The van der Waals surface area contributed by atoms with Crippen LogP contribution in [0.3, 0.4) is 0 Å². The first-order valence-electron chi connectivity index (χ1n) is 10.6. The largest absolute Gasteiger partial charge is 0.573 e. The zero-order valence-electron chi connectivity index (χ0n) is 18.8. The van der Waals surface area contributed by atoms with Crippen LogP contribution in [0.1, 0.15) is 24.6 Å². The normalized spacial score (nSPS) is 11.8. The molecule has 0 aliphatic rings. The van der Waals surface area contributed by atoms with Crippen molar-refractivity contribution in [3.8, 4) is 28.4 Å². The quantitative estimate of drug-likeness (QED) is 0.283. The molecular weight excluding hydrogens is 481 g/mol. The lowest BCUT2D eigenvalue weighted by Gasteiger charge is -2.13. The SMILES string of the molecule is CCCOc1c(C=Cc2nc3sccn3c(=O)c2-c2ccc(OC(F)(F)F)cc2)cccc1OC. The van der Waals surface area contributed by atoms with Crippen molar-refractivity contribution in [1.82, 2.24) is 9.38 Å². The summed E-state index contributed by atoms with van der Waals surface area (Å²) >= 11 is 1.30. The average molecular weight is 503 g/mol. The monoisotopic (exact) mass is 502 g/mol. The second-order valence-corrected chi connectivity index (χ2v) is 8.24. The van der Waals surface area contributed by atoms with Gasteiger partial charge < -0.3 is 14.2 Å². The predicted octanol–water partition coefficient (Wildman–Crippen LogP) is 6.29. The van der Waals surface area contributed by atoms with Crippen molar-refractivity contribution >= 4 is 28.4 Å². The summed E-state index contributed by atoms with van der Waals surface area (Å²) in [5, 5.41) is 1.74. The van der Waals surface area contributed by atoms with Crippen LogP contribution in [0.25, 0.3) is 28.2 Å². The minimum atomic E-state index is -4.81. The van der Waals surface area contributed by atoms with Gasteiger partial charge in [-0.3, -0.25) is 9.20 Å². The highest BCUT2D eigenvalue weighted by molar-refractivity contribution is 7.15. The van der Waals surface area contributed by atoms with Crippen LogP contribution in [-0.2, 0) is 0 Å². The van der Waals surface area contributed by atoms with Gasteiger partial charge in [-0.25, -0.2) is 4.98 Å². The van der Waals surface area contributed by atoms with Crippen LogP contribution in [0.4, 0.5) is 13.2 Å². The molecular formula is C25H21F3N2O4S. The smallest absolute Gasteiger partial charge is 0.493 e. The fourth-order valence-corrected chi connectivity index (χ4v) is 4.18. The third-order valence-electron chi connectivity index (χ3n) is 4.97. The standard InChI is InChI=1S/C25H21F3N2O4S/c1-3-14-33-22-17(5-4-6-20(22)32-2)9-12-19-21(23(31)30-13-15-35-24(30)29-19)16-7-10-18(11-8-16)34-25(26,27)28/h4-13,15H,3,14H2,1-2H3. The number of benzene rings is 2. The number of hydrogen-bond donors (Lipinski definition) is 0. The molecule has 0 spiro atoms. The third-order valence-corrected chi connectivity index (χ3v) is 5.73. The highest BCUT2D eigenvalue weighted by Crippen LogP contribution is 2.33. The number of nitrogens with zero attached hydrogens (tertiary/aromatic N) is 2. The molecule has 0 aliphatic carbocycles. The number of thiazole rings is 1. The van der Waals surface area contributed by atoms with E-state index in [-0.39, 0.29) is 16.9 Å². The van der Waals surface area contributed by atoms with Crippen LogP contribution in [0.15, 0.2) is 58.8 Å². The van der Waals surface area contributed by atoms with Gasteiger partial charge >= 0.3 is 6.36 Å². The molecule has 0 atom stereocenters. The summed E-state index contributed by atoms with van der Waals surface area (Å²) < 4.78 is 54.3. The summed E-state index contributed by atoms with van der Waals surface area (Å²) in [6.45, 7) is 2.50. The van der Waals surface area contributed by atoms with Crippen LogP contribution in [0.2, 0.25) is 0 Å². The van der Waals surface area contributed by atoms with Gasteiger partial charge in [0.05, 0.1) is 25.0 Å². The van der Waals surface area contributed by atoms with E-state index < -0.39 is 6.36 Å². The number of aromatic nitrogens is 2. The molecule has 4 aromatic rings. The highest BCUT2D eigenvalue weighted by Gasteiger charge is 2.31. The second kappa shape index (κ2) is 10.2. The molecule has 6 nitrogen and oxygen atoms in total. The summed E-state index contributed by atoms with van der Waals surface area (Å²) in [6.07, 6.45) is 1.06. The zero-order chi connectivity index (χ0) is 25.0. The van der Waals surface area contributed by atoms with Gasteiger partial charge in [0, 0.05) is 17.1 Å². The Hall–Kier alpha value is -3.79. The van der Waals surface area contributed by atoms with Crippen LogP contribution < -0.4 is 19.8 Å². The molecule has 0 radical (unpaired) electrons. The lowest BCUT2D eigenvalue weighted by molar-refractivity contribution is -0.274. The van der Waals surface area contributed by atoms with Crippen LogP contribution >= 0.6 is 11.3 Å². The van der Waals surface area contributed by atoms with Crippen molar-refractivity contribution in [3.05, 3.63) is 75.7 Å². The molecule has 2 aromatic heterocycles. The highest BCUT2D eigenvalue weighted by atomic mass is 32.1. The number of rotatable bonds is 8. The summed E-state index contributed by atoms with van der Waals surface area (Å²) in [4.78, 5) is 18.4. The number of halogens is 3. The molecule has 0 N–H and O–H groups in total. The van der Waals surface area contributed by atoms with E-state index in [9.17, 15) is 18.0 Å². The van der Waals surface area contributed by atoms with E-state index in [0.29, 0.717) is 34.3 Å². The van der Waals surface area contributed by atoms with E-state index in [4.69, 9.17) is 9.47 Å². The second-order valence-electron chi connectivity index (χ2n) is 7.37. The van der Waals surface area contributed by atoms with Gasteiger partial charge in [-0.1, -0.05) is 31.2 Å². The van der Waals surface area contributed by atoms with Crippen LogP contribution in [-0.4, -0.2) is 29.5 Å². The molecule has 0 saturated carbocycles. The fraction of sp³-hybridized carbons (Fsp3) is 0.200. The first kappa shape index (κ1) is 24.3. The first-order chi connectivity index (χ1) is 16.8. The minimum Gasteiger partial charge on any atom is -0.493 e. The van der Waals surface area contributed by atoms with E-state index in [2.05, 4.69) is 9.72 Å². The van der Waals surface area contributed by atoms with Gasteiger partial charge in [-0.05, 0) is 42.3 Å². The van der Waals surface area contributed by atoms with Crippen molar-refractivity contribution in [1.29, 1.82) is 0 Å². The van der Waals surface area contributed by atoms with Gasteiger partial charge in [-0.2, -0.15) is 0 Å². The molecule has 0 fully saturated rings. The minimum absolute atomic E-state index is 0.245. The third kappa shape index (κ3) is 5.48. The Morgan fingerprint density at radius 3 is 2.57 bits per heavy atom. The Morgan fingerprint density at radius 1 is 1.11 bits per heavy atom. The van der Waals surface area contributed by atoms with Gasteiger partial charge in [0.25, 0.3) is 5.56 Å². The summed E-state index contributed by atoms with van der Waals surface area (Å²) in [5.41, 5.74) is 1.41. The topological polar surface area (TPSA) is 62.1 Å². The summed E-state index contributed by atoms with van der Waals surface area (Å²) in [6, 6.07) is 10.6. The average Bonchev–Trinajstić information content (AvgIpc) is 3.30. The maximum absolute atomic E-state index is 13.3. The number of para-hydroxylation sites is 1. The van der Waals surface area contributed by atoms with Crippen molar-refractivity contribution < 1.29 is 27.4 Å². The van der Waals surface area contributed by atoms with Gasteiger partial charge in [-0.15, -0.1) is 24.5 Å². The molecule has 10 heteroatoms. The molecule has 182 valence electrons. The van der Waals surface area contributed by atoms with Crippen molar-refractivity contribution in [2.75, 3.05) is 13.7 Å². The predicted molar refractivity (Wildman–Crippen MR) is 129 cm³/mol. The molecule has 35 heavy (non-hydrogen) atoms. The molecule has 4 rings (SSSR count). The number of hydrogen-bond acceptors (Lipinski definition) is 6. The van der Waals surface area contributed by atoms with E-state index in [1.54, 1.807) is 36.9 Å². The Kier molecular flexibility index (Phi) is 7.11. The Labute approximate surface area is 202 Å². The summed E-state index contributed by atoms with van der Waals surface area (Å²) in [5.74, 6) is 0.761. The lowest BCUT2D eigenvalue weighted by Crippen LogP contribution is -2.18. The number of fused-ring (bicyclic) bond motifs is 1. The maximum Gasteiger partial charge on any atom is 0.573 e. The van der Waals surface area contributed by atoms with Gasteiger partial charge in [0.15, 0.2) is 16.5 Å². The number of methoxy groups -OCH3 is 1. The van der Waals surface area contributed by atoms with Crippen LogP contribution in [0.5, 0.6) is 17.2 Å². The van der Waals surface area contributed by atoms with E-state index in [1.165, 1.54) is 27.9 Å². The van der Waals surface area contributed by atoms with Gasteiger partial charge in [0.2, 0.25) is 0 Å². The van der Waals surface area contributed by atoms with Crippen molar-refractivity contribution in [2.45, 2.75) is 19.7 Å². The van der Waals surface area contributed by atoms with E-state index >= 15 is 0 Å². The maximum atomic E-state index is 13.3. The molecule has 2 aromatic carbocycles. The summed E-state index contributed by atoms with van der Waals surface area (Å²) in [7, 11) is 1.55.